The number of carbonyl (C=O) groups is 2. The molecule has 3 aromatic rings. The second-order valence-corrected chi connectivity index (χ2v) is 7.61. The van der Waals surface area contributed by atoms with E-state index in [-0.39, 0.29) is 5.91 Å². The van der Waals surface area contributed by atoms with Crippen LogP contribution in [0.4, 0.5) is 5.69 Å². The molecule has 0 saturated carbocycles. The van der Waals surface area contributed by atoms with Crippen LogP contribution in [0.1, 0.15) is 32.1 Å². The molecule has 0 unspecified atom stereocenters. The molecule has 1 saturated heterocycles. The van der Waals surface area contributed by atoms with E-state index in [2.05, 4.69) is 11.8 Å². The van der Waals surface area contributed by atoms with Crippen LogP contribution in [0, 0.1) is 13.8 Å². The first kappa shape index (κ1) is 20.7. The fraction of sp³-hybridized carbons (Fsp3) is 0.292. The third-order valence-corrected chi connectivity index (χ3v) is 5.69. The average Bonchev–Trinajstić information content (AvgIpc) is 3.12. The number of methoxy groups -OCH3 is 1. The molecule has 160 valence electrons. The van der Waals surface area contributed by atoms with Gasteiger partial charge in [0.2, 0.25) is 0 Å². The first-order chi connectivity index (χ1) is 15.0. The van der Waals surface area contributed by atoms with Gasteiger partial charge in [0.05, 0.1) is 35.4 Å². The first-order valence-corrected chi connectivity index (χ1v) is 10.3. The van der Waals surface area contributed by atoms with Gasteiger partial charge in [-0.2, -0.15) is 5.10 Å². The third kappa shape index (κ3) is 4.03. The van der Waals surface area contributed by atoms with Crippen LogP contribution in [0.5, 0.6) is 0 Å². The lowest BCUT2D eigenvalue weighted by atomic mass is 10.1. The van der Waals surface area contributed by atoms with Crippen LogP contribution in [-0.4, -0.2) is 59.8 Å². The highest BCUT2D eigenvalue weighted by Gasteiger charge is 2.26. The van der Waals surface area contributed by atoms with Crippen LogP contribution in [0.25, 0.3) is 5.69 Å². The number of amides is 1. The first-order valence-electron chi connectivity index (χ1n) is 10.3. The van der Waals surface area contributed by atoms with Crippen molar-refractivity contribution in [3.05, 3.63) is 77.1 Å². The van der Waals surface area contributed by atoms with E-state index in [0.29, 0.717) is 24.2 Å². The molecule has 0 N–H and O–H groups in total. The fourth-order valence-corrected chi connectivity index (χ4v) is 4.10. The van der Waals surface area contributed by atoms with Gasteiger partial charge in [0.1, 0.15) is 0 Å². The molecule has 2 aromatic carbocycles. The fourth-order valence-electron chi connectivity index (χ4n) is 4.10. The maximum atomic E-state index is 12.9. The molecule has 7 heteroatoms. The van der Waals surface area contributed by atoms with Gasteiger partial charge in [0.15, 0.2) is 0 Å². The second kappa shape index (κ2) is 8.63. The van der Waals surface area contributed by atoms with Crippen molar-refractivity contribution in [3.63, 3.8) is 0 Å². The van der Waals surface area contributed by atoms with Crippen LogP contribution in [-0.2, 0) is 4.74 Å². The molecule has 1 aliphatic heterocycles. The summed E-state index contributed by atoms with van der Waals surface area (Å²) in [7, 11) is 1.34. The van der Waals surface area contributed by atoms with Gasteiger partial charge in [-0.3, -0.25) is 4.79 Å². The summed E-state index contributed by atoms with van der Waals surface area (Å²) in [6.45, 7) is 6.87. The minimum Gasteiger partial charge on any atom is -0.465 e. The van der Waals surface area contributed by atoms with Crippen LogP contribution >= 0.6 is 0 Å². The zero-order valence-electron chi connectivity index (χ0n) is 18.0. The Morgan fingerprint density at radius 3 is 2.10 bits per heavy atom. The Morgan fingerprint density at radius 1 is 0.871 bits per heavy atom. The van der Waals surface area contributed by atoms with Crippen molar-refractivity contribution >= 4 is 17.6 Å². The molecule has 31 heavy (non-hydrogen) atoms. The molecular formula is C24H26N4O3. The quantitative estimate of drug-likeness (QED) is 0.609. The zero-order chi connectivity index (χ0) is 22.0. The summed E-state index contributed by atoms with van der Waals surface area (Å²) in [4.78, 5) is 28.6. The van der Waals surface area contributed by atoms with E-state index in [1.165, 1.54) is 7.11 Å². The molecule has 0 bridgehead atoms. The van der Waals surface area contributed by atoms with E-state index in [1.54, 1.807) is 24.3 Å². The van der Waals surface area contributed by atoms with Gasteiger partial charge in [0.25, 0.3) is 5.91 Å². The topological polar surface area (TPSA) is 67.7 Å². The van der Waals surface area contributed by atoms with Crippen molar-refractivity contribution in [3.8, 4) is 5.69 Å². The zero-order valence-corrected chi connectivity index (χ0v) is 18.0. The molecule has 0 aliphatic carbocycles. The number of rotatable bonds is 4. The lowest BCUT2D eigenvalue weighted by Gasteiger charge is -2.36. The third-order valence-electron chi connectivity index (χ3n) is 5.69. The van der Waals surface area contributed by atoms with Crippen molar-refractivity contribution in [2.75, 3.05) is 38.2 Å². The Bertz CT molecular complexity index is 1080. The van der Waals surface area contributed by atoms with E-state index in [1.807, 2.05) is 46.8 Å². The van der Waals surface area contributed by atoms with E-state index < -0.39 is 5.97 Å². The number of benzene rings is 2. The number of hydrogen-bond donors (Lipinski definition) is 0. The summed E-state index contributed by atoms with van der Waals surface area (Å²) < 4.78 is 6.69. The Kier molecular flexibility index (Phi) is 5.75. The predicted octanol–water partition coefficient (Wildman–Crippen LogP) is 3.24. The molecule has 0 atom stereocenters. The van der Waals surface area contributed by atoms with E-state index in [4.69, 9.17) is 9.84 Å². The molecule has 7 nitrogen and oxygen atoms in total. The van der Waals surface area contributed by atoms with Crippen LogP contribution < -0.4 is 4.90 Å². The van der Waals surface area contributed by atoms with Gasteiger partial charge in [0, 0.05) is 31.7 Å². The Hall–Kier alpha value is -3.61. The van der Waals surface area contributed by atoms with Crippen molar-refractivity contribution in [2.24, 2.45) is 0 Å². The highest BCUT2D eigenvalue weighted by atomic mass is 16.5. The summed E-state index contributed by atoms with van der Waals surface area (Å²) in [6, 6.07) is 16.7. The number of aryl methyl sites for hydroxylation is 1. The Balaban J connectivity index is 1.45. The smallest absolute Gasteiger partial charge is 0.337 e. The van der Waals surface area contributed by atoms with Crippen LogP contribution in [0.15, 0.2) is 54.6 Å². The lowest BCUT2D eigenvalue weighted by molar-refractivity contribution is 0.0599. The SMILES string of the molecule is COC(=O)c1ccc(C(=O)N2CCN(c3c(C)nn(-c4ccccc4)c3C)CC2)cc1. The summed E-state index contributed by atoms with van der Waals surface area (Å²) in [5, 5.41) is 4.74. The molecule has 1 fully saturated rings. The molecule has 2 heterocycles. The second-order valence-electron chi connectivity index (χ2n) is 7.61. The number of aromatic nitrogens is 2. The largest absolute Gasteiger partial charge is 0.465 e. The number of anilines is 1. The monoisotopic (exact) mass is 418 g/mol. The van der Waals surface area contributed by atoms with Crippen molar-refractivity contribution in [1.82, 2.24) is 14.7 Å². The van der Waals surface area contributed by atoms with Crippen molar-refractivity contribution in [2.45, 2.75) is 13.8 Å². The highest BCUT2D eigenvalue weighted by molar-refractivity contribution is 5.96. The highest BCUT2D eigenvalue weighted by Crippen LogP contribution is 2.28. The van der Waals surface area contributed by atoms with Gasteiger partial charge in [-0.15, -0.1) is 0 Å². The van der Waals surface area contributed by atoms with Gasteiger partial charge in [-0.25, -0.2) is 9.48 Å². The predicted molar refractivity (Wildman–Crippen MR) is 119 cm³/mol. The van der Waals surface area contributed by atoms with Gasteiger partial charge in [-0.1, -0.05) is 18.2 Å². The maximum Gasteiger partial charge on any atom is 0.337 e. The molecule has 0 spiro atoms. The summed E-state index contributed by atoms with van der Waals surface area (Å²) in [5.74, 6) is -0.432. The Labute approximate surface area is 181 Å². The molecule has 4 rings (SSSR count). The molecule has 1 aliphatic rings. The Morgan fingerprint density at radius 2 is 1.48 bits per heavy atom. The number of para-hydroxylation sites is 1. The molecule has 1 aromatic heterocycles. The van der Waals surface area contributed by atoms with Gasteiger partial charge >= 0.3 is 5.97 Å². The normalized spacial score (nSPS) is 13.9. The number of piperazine rings is 1. The van der Waals surface area contributed by atoms with Crippen molar-refractivity contribution in [1.29, 1.82) is 0 Å². The summed E-state index contributed by atoms with van der Waals surface area (Å²) in [6.07, 6.45) is 0. The average molecular weight is 418 g/mol. The van der Waals surface area contributed by atoms with Crippen LogP contribution in [0.3, 0.4) is 0 Å². The minimum absolute atomic E-state index is 0.0236. The lowest BCUT2D eigenvalue weighted by Crippen LogP contribution is -2.49. The standard InChI is InChI=1S/C24H26N4O3/c1-17-22(18(2)28(25-17)21-7-5-4-6-8-21)26-13-15-27(16-14-26)23(29)19-9-11-20(12-10-19)24(30)31-3/h4-12H,13-16H2,1-3H3. The van der Waals surface area contributed by atoms with Gasteiger partial charge < -0.3 is 14.5 Å². The number of nitrogens with zero attached hydrogens (tertiary/aromatic N) is 4. The number of hydrogen-bond acceptors (Lipinski definition) is 5. The van der Waals surface area contributed by atoms with E-state index in [9.17, 15) is 9.59 Å². The van der Waals surface area contributed by atoms with E-state index in [0.717, 1.165) is 35.9 Å². The molecular weight excluding hydrogens is 392 g/mol. The number of carbonyl (C=O) groups excluding carboxylic acids is 2. The molecule has 1 amide bonds. The summed E-state index contributed by atoms with van der Waals surface area (Å²) >= 11 is 0. The number of ether oxygens (including phenoxy) is 1. The van der Waals surface area contributed by atoms with Crippen LogP contribution in [0.2, 0.25) is 0 Å². The van der Waals surface area contributed by atoms with Gasteiger partial charge in [-0.05, 0) is 50.2 Å². The maximum absolute atomic E-state index is 12.9. The summed E-state index contributed by atoms with van der Waals surface area (Å²) in [5.41, 5.74) is 5.27. The van der Waals surface area contributed by atoms with Crippen molar-refractivity contribution < 1.29 is 14.3 Å². The molecule has 0 radical (unpaired) electrons. The minimum atomic E-state index is -0.408. The van der Waals surface area contributed by atoms with E-state index >= 15 is 0 Å². The number of esters is 1.